The average molecular weight is 527 g/mol. The van der Waals surface area contributed by atoms with E-state index in [-0.39, 0.29) is 11.6 Å². The lowest BCUT2D eigenvalue weighted by molar-refractivity contribution is 0.0697. The van der Waals surface area contributed by atoms with Crippen LogP contribution in [0, 0.1) is 6.92 Å². The van der Waals surface area contributed by atoms with Crippen LogP contribution >= 0.6 is 0 Å². The van der Waals surface area contributed by atoms with E-state index in [1.807, 2.05) is 43.3 Å². The number of hydrogen-bond acceptors (Lipinski definition) is 3. The lowest BCUT2D eigenvalue weighted by Gasteiger charge is -2.22. The van der Waals surface area contributed by atoms with Gasteiger partial charge in [-0.3, -0.25) is 9.47 Å². The molecule has 7 heteroatoms. The molecule has 0 spiro atoms. The first-order valence-electron chi connectivity index (χ1n) is 13.8. The smallest absolute Gasteiger partial charge is 0.336 e. The number of carbonyl (C=O) groups excluding carboxylic acids is 1. The van der Waals surface area contributed by atoms with Crippen LogP contribution in [0.5, 0.6) is 0 Å². The molecule has 7 nitrogen and oxygen atoms in total. The number of benzene rings is 3. The maximum Gasteiger partial charge on any atom is 0.336 e. The number of anilines is 1. The number of carboxylic acids is 1. The molecular weight excluding hydrogens is 488 g/mol. The van der Waals surface area contributed by atoms with Gasteiger partial charge in [0.15, 0.2) is 0 Å². The fourth-order valence-electron chi connectivity index (χ4n) is 5.07. The number of fused-ring (bicyclic) bond motifs is 1. The first-order chi connectivity index (χ1) is 18.9. The number of aromatic carboxylic acids is 1. The van der Waals surface area contributed by atoms with E-state index >= 15 is 0 Å². The third-order valence-electron chi connectivity index (χ3n) is 7.13. The summed E-state index contributed by atoms with van der Waals surface area (Å²) in [5, 5.41) is 12.5. The summed E-state index contributed by atoms with van der Waals surface area (Å²) in [5.74, 6) is 0.0308. The maximum absolute atomic E-state index is 12.8. The normalized spacial score (nSPS) is 11.1. The summed E-state index contributed by atoms with van der Waals surface area (Å²) in [6.07, 6.45) is 5.98. The van der Waals surface area contributed by atoms with E-state index in [4.69, 9.17) is 4.98 Å². The second-order valence-corrected chi connectivity index (χ2v) is 9.90. The number of carbonyl (C=O) groups is 2. The van der Waals surface area contributed by atoms with Gasteiger partial charge in [-0.15, -0.1) is 0 Å². The van der Waals surface area contributed by atoms with Crippen LogP contribution in [-0.2, 0) is 6.42 Å². The van der Waals surface area contributed by atoms with Crippen molar-refractivity contribution in [3.05, 3.63) is 77.6 Å². The van der Waals surface area contributed by atoms with Crippen molar-refractivity contribution in [3.8, 4) is 16.8 Å². The number of imidazole rings is 1. The van der Waals surface area contributed by atoms with E-state index in [9.17, 15) is 14.7 Å². The molecule has 39 heavy (non-hydrogen) atoms. The Balaban J connectivity index is 1.84. The Hall–Kier alpha value is -4.13. The minimum Gasteiger partial charge on any atom is -0.478 e. The number of carboxylic acid groups (broad SMARTS) is 1. The molecule has 0 saturated heterocycles. The molecule has 0 fully saturated rings. The SMILES string of the molecule is CCCCCN(C(=O)NC)c1ccc2nc(CCCC)n(-c3ccc(-c4ccccc4C(=O)O)c(C)c3)c2c1. The summed E-state index contributed by atoms with van der Waals surface area (Å²) < 4.78 is 2.18. The van der Waals surface area contributed by atoms with Gasteiger partial charge in [-0.05, 0) is 72.9 Å². The number of aromatic nitrogens is 2. The molecule has 4 aromatic rings. The van der Waals surface area contributed by atoms with Crippen LogP contribution in [-0.4, -0.2) is 40.3 Å². The molecule has 2 amide bonds. The van der Waals surface area contributed by atoms with Gasteiger partial charge in [0.25, 0.3) is 0 Å². The third kappa shape index (κ3) is 5.98. The lowest BCUT2D eigenvalue weighted by Crippen LogP contribution is -2.38. The minimum absolute atomic E-state index is 0.125. The zero-order valence-electron chi connectivity index (χ0n) is 23.3. The molecule has 0 radical (unpaired) electrons. The van der Waals surface area contributed by atoms with Crippen LogP contribution in [0.2, 0.25) is 0 Å². The Bertz CT molecular complexity index is 1470. The summed E-state index contributed by atoms with van der Waals surface area (Å²) >= 11 is 0. The van der Waals surface area contributed by atoms with Crippen molar-refractivity contribution in [2.24, 2.45) is 0 Å². The van der Waals surface area contributed by atoms with Crippen LogP contribution in [0.1, 0.15) is 67.7 Å². The Kier molecular flexibility index (Phi) is 9.02. The van der Waals surface area contributed by atoms with Crippen molar-refractivity contribution in [2.45, 2.75) is 59.3 Å². The highest BCUT2D eigenvalue weighted by atomic mass is 16.4. The van der Waals surface area contributed by atoms with Crippen LogP contribution in [0.15, 0.2) is 60.7 Å². The molecule has 0 atom stereocenters. The van der Waals surface area contributed by atoms with Gasteiger partial charge in [0.2, 0.25) is 0 Å². The van der Waals surface area contributed by atoms with Gasteiger partial charge >= 0.3 is 12.0 Å². The molecule has 204 valence electrons. The summed E-state index contributed by atoms with van der Waals surface area (Å²) in [6, 6.07) is 19.1. The predicted octanol–water partition coefficient (Wildman–Crippen LogP) is 7.38. The molecule has 0 aliphatic carbocycles. The molecule has 1 heterocycles. The van der Waals surface area contributed by atoms with Crippen molar-refractivity contribution < 1.29 is 14.7 Å². The Morgan fingerprint density at radius 2 is 1.72 bits per heavy atom. The topological polar surface area (TPSA) is 87.5 Å². The van der Waals surface area contributed by atoms with Crippen molar-refractivity contribution >= 4 is 28.7 Å². The summed E-state index contributed by atoms with van der Waals surface area (Å²) in [7, 11) is 1.66. The van der Waals surface area contributed by atoms with E-state index in [1.54, 1.807) is 24.1 Å². The van der Waals surface area contributed by atoms with E-state index in [0.717, 1.165) is 77.9 Å². The lowest BCUT2D eigenvalue weighted by atomic mass is 9.95. The largest absolute Gasteiger partial charge is 0.478 e. The second-order valence-electron chi connectivity index (χ2n) is 9.90. The van der Waals surface area contributed by atoms with Crippen LogP contribution in [0.3, 0.4) is 0 Å². The number of urea groups is 1. The highest BCUT2D eigenvalue weighted by Crippen LogP contribution is 2.32. The van der Waals surface area contributed by atoms with Gasteiger partial charge < -0.3 is 10.4 Å². The summed E-state index contributed by atoms with van der Waals surface area (Å²) in [4.78, 5) is 31.4. The number of hydrogen-bond donors (Lipinski definition) is 2. The first kappa shape index (κ1) is 27.9. The zero-order valence-corrected chi connectivity index (χ0v) is 23.3. The van der Waals surface area contributed by atoms with E-state index < -0.39 is 5.97 Å². The van der Waals surface area contributed by atoms with Crippen LogP contribution < -0.4 is 10.2 Å². The van der Waals surface area contributed by atoms with Crippen molar-refractivity contribution in [1.82, 2.24) is 14.9 Å². The molecule has 1 aromatic heterocycles. The molecule has 2 N–H and O–H groups in total. The highest BCUT2D eigenvalue weighted by molar-refractivity contribution is 5.97. The number of rotatable bonds is 11. The maximum atomic E-state index is 12.8. The molecule has 0 bridgehead atoms. The molecule has 0 unspecified atom stereocenters. The molecule has 0 saturated carbocycles. The van der Waals surface area contributed by atoms with E-state index in [1.165, 1.54) is 0 Å². The quantitative estimate of drug-likeness (QED) is 0.200. The van der Waals surface area contributed by atoms with Gasteiger partial charge in [-0.2, -0.15) is 0 Å². The second kappa shape index (κ2) is 12.6. The fraction of sp³-hybridized carbons (Fsp3) is 0.344. The van der Waals surface area contributed by atoms with Crippen LogP contribution in [0.25, 0.3) is 27.8 Å². The number of nitrogens with zero attached hydrogens (tertiary/aromatic N) is 3. The number of aryl methyl sites for hydroxylation is 2. The number of nitrogens with one attached hydrogen (secondary N) is 1. The van der Waals surface area contributed by atoms with Crippen molar-refractivity contribution in [3.63, 3.8) is 0 Å². The first-order valence-corrected chi connectivity index (χ1v) is 13.8. The van der Waals surface area contributed by atoms with Gasteiger partial charge in [0, 0.05) is 31.4 Å². The molecule has 4 rings (SSSR count). The van der Waals surface area contributed by atoms with Gasteiger partial charge in [0.05, 0.1) is 16.6 Å². The molecular formula is C32H38N4O3. The third-order valence-corrected chi connectivity index (χ3v) is 7.13. The standard InChI is InChI=1S/C32H38N4O3/c1-5-7-11-19-35(32(39)33-4)23-16-18-28-29(21-23)36(30(34-28)14-8-6-2)24-15-17-25(22(3)20-24)26-12-9-10-13-27(26)31(37)38/h9-10,12-13,15-18,20-21H,5-8,11,14,19H2,1-4H3,(H,33,39)(H,37,38). The van der Waals surface area contributed by atoms with Crippen molar-refractivity contribution in [2.75, 3.05) is 18.5 Å². The summed E-state index contributed by atoms with van der Waals surface area (Å²) in [5.41, 5.74) is 6.48. The van der Waals surface area contributed by atoms with Gasteiger partial charge in [-0.1, -0.05) is 57.4 Å². The number of amides is 2. The van der Waals surface area contributed by atoms with Crippen molar-refractivity contribution in [1.29, 1.82) is 0 Å². The minimum atomic E-state index is -0.941. The van der Waals surface area contributed by atoms with Crippen LogP contribution in [0.4, 0.5) is 10.5 Å². The Labute approximate surface area is 230 Å². The Morgan fingerprint density at radius 3 is 2.41 bits per heavy atom. The average Bonchev–Trinajstić information content (AvgIpc) is 3.31. The highest BCUT2D eigenvalue weighted by Gasteiger charge is 2.19. The Morgan fingerprint density at radius 1 is 0.949 bits per heavy atom. The van der Waals surface area contributed by atoms with E-state index in [2.05, 4.69) is 35.9 Å². The molecule has 0 aliphatic heterocycles. The number of unbranched alkanes of at least 4 members (excludes halogenated alkanes) is 3. The predicted molar refractivity (Wildman–Crippen MR) is 158 cm³/mol. The van der Waals surface area contributed by atoms with Gasteiger partial charge in [0.1, 0.15) is 5.82 Å². The molecule has 0 aliphatic rings. The van der Waals surface area contributed by atoms with E-state index in [0.29, 0.717) is 12.1 Å². The molecule has 3 aromatic carbocycles. The monoisotopic (exact) mass is 526 g/mol. The zero-order chi connectivity index (χ0) is 27.9. The summed E-state index contributed by atoms with van der Waals surface area (Å²) in [6.45, 7) is 6.98. The van der Waals surface area contributed by atoms with Gasteiger partial charge in [-0.25, -0.2) is 14.6 Å². The fourth-order valence-corrected chi connectivity index (χ4v) is 5.07.